The molecule has 0 saturated carbocycles. The van der Waals surface area contributed by atoms with Crippen LogP contribution in [0.1, 0.15) is 6.42 Å². The van der Waals surface area contributed by atoms with E-state index >= 15 is 0 Å². The largest absolute Gasteiger partial charge is 0.385 e. The number of ether oxygens (including phenoxy) is 1. The molecule has 0 saturated heterocycles. The minimum atomic E-state index is -0.972. The molecule has 0 fully saturated rings. The predicted molar refractivity (Wildman–Crippen MR) is 26.7 cm³/mol. The van der Waals surface area contributed by atoms with Crippen LogP contribution in [0.3, 0.4) is 0 Å². The smallest absolute Gasteiger partial charge is 0.102 e. The monoisotopic (exact) mass is 105 g/mol. The second-order valence-electron chi connectivity index (χ2n) is 1.38. The summed E-state index contributed by atoms with van der Waals surface area (Å²) in [7, 11) is 1.54. The summed E-state index contributed by atoms with van der Waals surface area (Å²) in [4.78, 5) is 0. The summed E-state index contributed by atoms with van der Waals surface area (Å²) in [6.45, 7) is 3.59. The van der Waals surface area contributed by atoms with Crippen LogP contribution < -0.4 is 0 Å². The highest BCUT2D eigenvalue weighted by atomic mass is 19.1. The van der Waals surface area contributed by atoms with Crippen LogP contribution in [-0.4, -0.2) is 19.9 Å². The van der Waals surface area contributed by atoms with Gasteiger partial charge in [-0.1, -0.05) is 0 Å². The first-order valence-corrected chi connectivity index (χ1v) is 2.23. The molecule has 1 radical (unpaired) electrons. The maximum absolute atomic E-state index is 11.7. The first-order chi connectivity index (χ1) is 3.27. The molecule has 43 valence electrons. The van der Waals surface area contributed by atoms with Gasteiger partial charge in [-0.25, -0.2) is 4.39 Å². The molecule has 2 heteroatoms. The molecule has 0 aromatic carbocycles. The molecule has 0 aliphatic rings. The number of alkyl halides is 1. The van der Waals surface area contributed by atoms with E-state index in [0.717, 1.165) is 0 Å². The fraction of sp³-hybridized carbons (Fsp3) is 0.800. The van der Waals surface area contributed by atoms with Crippen molar-refractivity contribution in [1.29, 1.82) is 0 Å². The van der Waals surface area contributed by atoms with Crippen LogP contribution in [0, 0.1) is 6.92 Å². The van der Waals surface area contributed by atoms with E-state index < -0.39 is 6.17 Å². The Kier molecular flexibility index (Phi) is 4.00. The van der Waals surface area contributed by atoms with Crippen molar-refractivity contribution in [2.24, 2.45) is 0 Å². The van der Waals surface area contributed by atoms with Crippen LogP contribution >= 0.6 is 0 Å². The van der Waals surface area contributed by atoms with E-state index in [4.69, 9.17) is 0 Å². The third-order valence-corrected chi connectivity index (χ3v) is 0.635. The van der Waals surface area contributed by atoms with E-state index in [2.05, 4.69) is 11.7 Å². The molecule has 1 atom stereocenters. The van der Waals surface area contributed by atoms with Crippen molar-refractivity contribution < 1.29 is 9.13 Å². The standard InChI is InChI=1S/C5H10FO/c1-5(6)3-4-7-2/h5H,1,3-4H2,2H3. The zero-order chi connectivity index (χ0) is 5.70. The van der Waals surface area contributed by atoms with Gasteiger partial charge < -0.3 is 4.74 Å². The number of halogens is 1. The minimum absolute atomic E-state index is 0.399. The molecule has 0 aliphatic carbocycles. The number of methoxy groups -OCH3 is 1. The summed E-state index contributed by atoms with van der Waals surface area (Å²) in [5, 5.41) is 0. The quantitative estimate of drug-likeness (QED) is 0.524. The Balaban J connectivity index is 2.68. The van der Waals surface area contributed by atoms with Gasteiger partial charge in [-0.05, 0) is 6.92 Å². The Morgan fingerprint density at radius 1 is 1.86 bits per heavy atom. The van der Waals surface area contributed by atoms with Crippen molar-refractivity contribution in [3.8, 4) is 0 Å². The average molecular weight is 105 g/mol. The van der Waals surface area contributed by atoms with Gasteiger partial charge in [0.15, 0.2) is 0 Å². The van der Waals surface area contributed by atoms with Gasteiger partial charge in [0.1, 0.15) is 6.17 Å². The third kappa shape index (κ3) is 5.89. The zero-order valence-corrected chi connectivity index (χ0v) is 4.48. The molecule has 0 aliphatic heterocycles. The van der Waals surface area contributed by atoms with Gasteiger partial charge in [0.25, 0.3) is 0 Å². The maximum Gasteiger partial charge on any atom is 0.102 e. The normalized spacial score (nSPS) is 14.1. The Morgan fingerprint density at radius 2 is 2.43 bits per heavy atom. The number of hydrogen-bond acceptors (Lipinski definition) is 1. The van der Waals surface area contributed by atoms with E-state index in [9.17, 15) is 4.39 Å². The van der Waals surface area contributed by atoms with Gasteiger partial charge in [-0.15, -0.1) is 0 Å². The Morgan fingerprint density at radius 3 is 2.57 bits per heavy atom. The van der Waals surface area contributed by atoms with E-state index in [-0.39, 0.29) is 0 Å². The van der Waals surface area contributed by atoms with Gasteiger partial charge in [-0.2, -0.15) is 0 Å². The Labute approximate surface area is 43.5 Å². The lowest BCUT2D eigenvalue weighted by Crippen LogP contribution is -1.98. The fourth-order valence-electron chi connectivity index (χ4n) is 0.246. The van der Waals surface area contributed by atoms with Crippen LogP contribution in [-0.2, 0) is 4.74 Å². The van der Waals surface area contributed by atoms with Gasteiger partial charge >= 0.3 is 0 Å². The molecule has 7 heavy (non-hydrogen) atoms. The summed E-state index contributed by atoms with van der Waals surface area (Å²) < 4.78 is 16.3. The molecule has 0 bridgehead atoms. The van der Waals surface area contributed by atoms with Crippen molar-refractivity contribution >= 4 is 0 Å². The second-order valence-corrected chi connectivity index (χ2v) is 1.38. The SMILES string of the molecule is [CH2]C(F)CCOC. The molecule has 0 N–H and O–H groups in total. The molecular weight excluding hydrogens is 95.1 g/mol. The summed E-state index contributed by atoms with van der Waals surface area (Å²) in [6.07, 6.45) is -0.573. The molecule has 0 amide bonds. The Hall–Kier alpha value is -0.110. The van der Waals surface area contributed by atoms with Crippen LogP contribution in [0.4, 0.5) is 4.39 Å². The van der Waals surface area contributed by atoms with Gasteiger partial charge in [0, 0.05) is 20.1 Å². The van der Waals surface area contributed by atoms with Crippen LogP contribution in [0.2, 0.25) is 0 Å². The van der Waals surface area contributed by atoms with Crippen LogP contribution in [0.15, 0.2) is 0 Å². The summed E-state index contributed by atoms with van der Waals surface area (Å²) in [5.74, 6) is 0. The zero-order valence-electron chi connectivity index (χ0n) is 4.48. The third-order valence-electron chi connectivity index (χ3n) is 0.635. The molecule has 0 aromatic rings. The van der Waals surface area contributed by atoms with E-state index in [1.165, 1.54) is 0 Å². The summed E-state index contributed by atoms with van der Waals surface area (Å²) >= 11 is 0. The second kappa shape index (κ2) is 4.06. The van der Waals surface area contributed by atoms with Crippen molar-refractivity contribution in [1.82, 2.24) is 0 Å². The highest BCUT2D eigenvalue weighted by Gasteiger charge is 1.93. The van der Waals surface area contributed by atoms with E-state index in [1.807, 2.05) is 0 Å². The lowest BCUT2D eigenvalue weighted by Gasteiger charge is -1.96. The lowest BCUT2D eigenvalue weighted by molar-refractivity contribution is 0.173. The van der Waals surface area contributed by atoms with Gasteiger partial charge in [0.05, 0.1) is 0 Å². The van der Waals surface area contributed by atoms with Crippen molar-refractivity contribution in [2.75, 3.05) is 13.7 Å². The van der Waals surface area contributed by atoms with Crippen LogP contribution in [0.5, 0.6) is 0 Å². The predicted octanol–water partition coefficient (Wildman–Crippen LogP) is 1.20. The maximum atomic E-state index is 11.7. The molecule has 1 unspecified atom stereocenters. The van der Waals surface area contributed by atoms with E-state index in [0.29, 0.717) is 13.0 Å². The average Bonchev–Trinajstić information content (AvgIpc) is 1.61. The lowest BCUT2D eigenvalue weighted by atomic mass is 10.3. The number of hydrogen-bond donors (Lipinski definition) is 0. The van der Waals surface area contributed by atoms with Crippen LogP contribution in [0.25, 0.3) is 0 Å². The van der Waals surface area contributed by atoms with Crippen molar-refractivity contribution in [3.63, 3.8) is 0 Å². The topological polar surface area (TPSA) is 9.23 Å². The first kappa shape index (κ1) is 6.89. The Bertz CT molecular complexity index is 37.1. The molecular formula is C5H10FO. The molecule has 0 spiro atoms. The van der Waals surface area contributed by atoms with Crippen molar-refractivity contribution in [3.05, 3.63) is 6.92 Å². The van der Waals surface area contributed by atoms with Crippen molar-refractivity contribution in [2.45, 2.75) is 12.6 Å². The highest BCUT2D eigenvalue weighted by molar-refractivity contribution is 4.54. The summed E-state index contributed by atoms with van der Waals surface area (Å²) in [5.41, 5.74) is 0. The highest BCUT2D eigenvalue weighted by Crippen LogP contribution is 1.92. The number of rotatable bonds is 3. The molecule has 1 nitrogen and oxygen atoms in total. The van der Waals surface area contributed by atoms with E-state index in [1.54, 1.807) is 7.11 Å². The molecule has 0 rings (SSSR count). The van der Waals surface area contributed by atoms with Gasteiger partial charge in [0.2, 0.25) is 0 Å². The summed E-state index contributed by atoms with van der Waals surface area (Å²) in [6, 6.07) is 0. The molecule has 0 aromatic heterocycles. The fourth-order valence-corrected chi connectivity index (χ4v) is 0.246. The van der Waals surface area contributed by atoms with Gasteiger partial charge in [-0.3, -0.25) is 0 Å². The first-order valence-electron chi connectivity index (χ1n) is 2.23. The molecule has 0 heterocycles. The minimum Gasteiger partial charge on any atom is -0.385 e.